The predicted octanol–water partition coefficient (Wildman–Crippen LogP) is 5.25. The Morgan fingerprint density at radius 2 is 1.61 bits per heavy atom. The molecule has 0 unspecified atom stereocenters. The molecule has 0 atom stereocenters. The number of nitriles is 1. The molecule has 2 amide bonds. The van der Waals surface area contributed by atoms with Crippen molar-refractivity contribution in [3.8, 4) is 6.07 Å². The molecule has 0 heterocycles. The van der Waals surface area contributed by atoms with E-state index in [2.05, 4.69) is 16.0 Å². The van der Waals surface area contributed by atoms with Gasteiger partial charge in [0.1, 0.15) is 11.6 Å². The van der Waals surface area contributed by atoms with E-state index in [1.165, 1.54) is 24.9 Å². The third kappa shape index (κ3) is 6.49. The van der Waals surface area contributed by atoms with Crippen molar-refractivity contribution in [3.05, 3.63) is 90.6 Å². The summed E-state index contributed by atoms with van der Waals surface area (Å²) in [6.07, 6.45) is 1.34. The molecule has 0 aliphatic heterocycles. The van der Waals surface area contributed by atoms with Crippen LogP contribution in [0.5, 0.6) is 0 Å². The minimum absolute atomic E-state index is 0.0792. The van der Waals surface area contributed by atoms with Crippen LogP contribution in [-0.2, 0) is 9.59 Å². The van der Waals surface area contributed by atoms with Crippen molar-refractivity contribution in [2.75, 3.05) is 16.0 Å². The number of carbonyl (C=O) groups excluding carboxylic acids is 2. The van der Waals surface area contributed by atoms with Crippen molar-refractivity contribution in [3.63, 3.8) is 0 Å². The maximum Gasteiger partial charge on any atom is 0.267 e. The molecule has 0 spiro atoms. The van der Waals surface area contributed by atoms with Crippen LogP contribution in [0.25, 0.3) is 0 Å². The van der Waals surface area contributed by atoms with E-state index in [0.717, 1.165) is 9.79 Å². The Kier molecular flexibility index (Phi) is 7.46. The van der Waals surface area contributed by atoms with Crippen LogP contribution in [0.1, 0.15) is 6.92 Å². The molecule has 3 aromatic rings. The molecule has 3 N–H and O–H groups in total. The summed E-state index contributed by atoms with van der Waals surface area (Å²) in [4.78, 5) is 25.8. The molecule has 0 fully saturated rings. The highest BCUT2D eigenvalue weighted by atomic mass is 32.2. The number of carbonyl (C=O) groups is 2. The molecule has 31 heavy (non-hydrogen) atoms. The van der Waals surface area contributed by atoms with Gasteiger partial charge in [0, 0.05) is 34.3 Å². The Morgan fingerprint density at radius 1 is 0.903 bits per heavy atom. The third-order valence-corrected chi connectivity index (χ3v) is 5.12. The van der Waals surface area contributed by atoms with Gasteiger partial charge in [-0.1, -0.05) is 48.2 Å². The van der Waals surface area contributed by atoms with Crippen molar-refractivity contribution in [2.45, 2.75) is 16.7 Å². The molecule has 0 bridgehead atoms. The van der Waals surface area contributed by atoms with Crippen LogP contribution in [0, 0.1) is 11.3 Å². The van der Waals surface area contributed by atoms with Crippen molar-refractivity contribution in [2.24, 2.45) is 0 Å². The number of benzene rings is 3. The summed E-state index contributed by atoms with van der Waals surface area (Å²) in [5.74, 6) is -0.703. The average Bonchev–Trinajstić information content (AvgIpc) is 2.76. The number of rotatable bonds is 7. The van der Waals surface area contributed by atoms with E-state index in [1.54, 1.807) is 30.3 Å². The van der Waals surface area contributed by atoms with Gasteiger partial charge in [-0.3, -0.25) is 9.59 Å². The zero-order valence-corrected chi connectivity index (χ0v) is 17.6. The SMILES string of the molecule is CC(=O)Nc1cccc(N/C=C(/C#N)C(=O)Nc2ccccc2Sc2ccccc2)c1. The van der Waals surface area contributed by atoms with Gasteiger partial charge in [0.05, 0.1) is 5.69 Å². The minimum Gasteiger partial charge on any atom is -0.360 e. The number of anilines is 3. The standard InChI is InChI=1S/C24H20N4O2S/c1-17(29)27-20-9-7-8-19(14-20)26-16-18(15-25)24(30)28-22-12-5-6-13-23(22)31-21-10-3-2-4-11-21/h2-14,16,26H,1H3,(H,27,29)(H,28,30)/b18-16-. The Morgan fingerprint density at radius 3 is 2.35 bits per heavy atom. The first kappa shape index (κ1) is 21.7. The number of hydrogen-bond acceptors (Lipinski definition) is 5. The summed E-state index contributed by atoms with van der Waals surface area (Å²) in [5, 5.41) is 17.9. The summed E-state index contributed by atoms with van der Waals surface area (Å²) in [6.45, 7) is 1.42. The second-order valence-electron chi connectivity index (χ2n) is 6.44. The highest BCUT2D eigenvalue weighted by molar-refractivity contribution is 7.99. The maximum absolute atomic E-state index is 12.7. The van der Waals surface area contributed by atoms with Crippen LogP contribution in [0.3, 0.4) is 0 Å². The summed E-state index contributed by atoms with van der Waals surface area (Å²) in [5.41, 5.74) is 1.78. The fourth-order valence-electron chi connectivity index (χ4n) is 2.66. The van der Waals surface area contributed by atoms with Gasteiger partial charge in [0.25, 0.3) is 5.91 Å². The molecule has 0 aromatic heterocycles. The van der Waals surface area contributed by atoms with E-state index < -0.39 is 5.91 Å². The van der Waals surface area contributed by atoms with Gasteiger partial charge in [-0.2, -0.15) is 5.26 Å². The zero-order valence-electron chi connectivity index (χ0n) is 16.8. The number of para-hydroxylation sites is 1. The summed E-state index contributed by atoms with van der Waals surface area (Å²) < 4.78 is 0. The molecule has 3 aromatic carbocycles. The number of hydrogen-bond donors (Lipinski definition) is 3. The van der Waals surface area contributed by atoms with Crippen LogP contribution in [0.4, 0.5) is 17.1 Å². The molecule has 154 valence electrons. The van der Waals surface area contributed by atoms with Crippen molar-refractivity contribution in [1.82, 2.24) is 0 Å². The number of nitrogens with one attached hydrogen (secondary N) is 3. The monoisotopic (exact) mass is 428 g/mol. The molecule has 0 aliphatic carbocycles. The van der Waals surface area contributed by atoms with E-state index >= 15 is 0 Å². The predicted molar refractivity (Wildman–Crippen MR) is 124 cm³/mol. The van der Waals surface area contributed by atoms with Crippen molar-refractivity contribution in [1.29, 1.82) is 5.26 Å². The lowest BCUT2D eigenvalue weighted by Crippen LogP contribution is -2.15. The number of nitrogens with zero attached hydrogens (tertiary/aromatic N) is 1. The van der Waals surface area contributed by atoms with E-state index in [4.69, 9.17) is 0 Å². The summed E-state index contributed by atoms with van der Waals surface area (Å²) in [6, 6.07) is 26.1. The first-order valence-electron chi connectivity index (χ1n) is 9.43. The fourth-order valence-corrected chi connectivity index (χ4v) is 3.58. The molecular formula is C24H20N4O2S. The minimum atomic E-state index is -0.519. The lowest BCUT2D eigenvalue weighted by atomic mass is 10.2. The smallest absolute Gasteiger partial charge is 0.267 e. The lowest BCUT2D eigenvalue weighted by Gasteiger charge is -2.11. The van der Waals surface area contributed by atoms with Crippen LogP contribution in [0.2, 0.25) is 0 Å². The highest BCUT2D eigenvalue weighted by Crippen LogP contribution is 2.33. The van der Waals surface area contributed by atoms with Crippen LogP contribution in [0.15, 0.2) is 100 Å². The summed E-state index contributed by atoms with van der Waals surface area (Å²) in [7, 11) is 0. The second kappa shape index (κ2) is 10.7. The third-order valence-electron chi connectivity index (χ3n) is 4.04. The Balaban J connectivity index is 1.72. The van der Waals surface area contributed by atoms with Gasteiger partial charge >= 0.3 is 0 Å². The Bertz CT molecular complexity index is 1150. The first-order valence-corrected chi connectivity index (χ1v) is 10.2. The van der Waals surface area contributed by atoms with Gasteiger partial charge in [0.2, 0.25) is 5.91 Å². The first-order chi connectivity index (χ1) is 15.0. The van der Waals surface area contributed by atoms with Gasteiger partial charge < -0.3 is 16.0 Å². The second-order valence-corrected chi connectivity index (χ2v) is 7.56. The van der Waals surface area contributed by atoms with Crippen LogP contribution in [-0.4, -0.2) is 11.8 Å². The van der Waals surface area contributed by atoms with Gasteiger partial charge in [-0.05, 0) is 42.5 Å². The summed E-state index contributed by atoms with van der Waals surface area (Å²) >= 11 is 1.52. The van der Waals surface area contributed by atoms with E-state index in [-0.39, 0.29) is 11.5 Å². The largest absolute Gasteiger partial charge is 0.360 e. The molecule has 0 radical (unpaired) electrons. The average molecular weight is 429 g/mol. The fraction of sp³-hybridized carbons (Fsp3) is 0.0417. The molecule has 0 aliphatic rings. The molecule has 3 rings (SSSR count). The van der Waals surface area contributed by atoms with Crippen LogP contribution >= 0.6 is 11.8 Å². The van der Waals surface area contributed by atoms with Crippen molar-refractivity contribution < 1.29 is 9.59 Å². The van der Waals surface area contributed by atoms with E-state index in [9.17, 15) is 14.9 Å². The lowest BCUT2D eigenvalue weighted by molar-refractivity contribution is -0.114. The molecular weight excluding hydrogens is 408 g/mol. The molecule has 0 saturated carbocycles. The van der Waals surface area contributed by atoms with Gasteiger partial charge in [-0.25, -0.2) is 0 Å². The maximum atomic E-state index is 12.7. The zero-order chi connectivity index (χ0) is 22.1. The van der Waals surface area contributed by atoms with Gasteiger partial charge in [-0.15, -0.1) is 0 Å². The quantitative estimate of drug-likeness (QED) is 0.353. The van der Waals surface area contributed by atoms with E-state index in [1.807, 2.05) is 54.6 Å². The Labute approximate surface area is 185 Å². The molecule has 7 heteroatoms. The van der Waals surface area contributed by atoms with E-state index in [0.29, 0.717) is 17.1 Å². The van der Waals surface area contributed by atoms with Crippen LogP contribution < -0.4 is 16.0 Å². The number of amides is 2. The normalized spacial score (nSPS) is 10.6. The molecule has 6 nitrogen and oxygen atoms in total. The topological polar surface area (TPSA) is 94.0 Å². The van der Waals surface area contributed by atoms with Crippen molar-refractivity contribution >= 4 is 40.6 Å². The Hall–Kier alpha value is -4.02. The van der Waals surface area contributed by atoms with Gasteiger partial charge in [0.15, 0.2) is 0 Å². The molecule has 0 saturated heterocycles. The highest BCUT2D eigenvalue weighted by Gasteiger charge is 2.12.